The highest BCUT2D eigenvalue weighted by molar-refractivity contribution is 8.03. The first-order valence-corrected chi connectivity index (χ1v) is 12.3. The van der Waals surface area contributed by atoms with Gasteiger partial charge >= 0.3 is 6.03 Å². The first kappa shape index (κ1) is 20.3. The number of imide groups is 1. The van der Waals surface area contributed by atoms with E-state index in [0.29, 0.717) is 13.0 Å². The van der Waals surface area contributed by atoms with Crippen molar-refractivity contribution in [3.05, 3.63) is 69.3 Å². The molecule has 0 bridgehead atoms. The first-order chi connectivity index (χ1) is 15.1. The van der Waals surface area contributed by atoms with Gasteiger partial charge in [-0.2, -0.15) is 0 Å². The largest absolute Gasteiger partial charge is 0.348 e. The number of nitrogens with zero attached hydrogens (tertiary/aromatic N) is 2. The number of carbonyl (C=O) groups excluding carboxylic acids is 3. The number of benzene rings is 1. The highest BCUT2D eigenvalue weighted by atomic mass is 32.2. The van der Waals surface area contributed by atoms with Crippen LogP contribution in [-0.4, -0.2) is 52.0 Å². The molecule has 4 amide bonds. The lowest BCUT2D eigenvalue weighted by Gasteiger charge is -2.41. The summed E-state index contributed by atoms with van der Waals surface area (Å²) >= 11 is 3.04. The van der Waals surface area contributed by atoms with Gasteiger partial charge in [-0.25, -0.2) is 4.79 Å². The van der Waals surface area contributed by atoms with E-state index in [1.165, 1.54) is 22.2 Å². The summed E-state index contributed by atoms with van der Waals surface area (Å²) in [5.41, 5.74) is 2.42. The molecule has 3 heterocycles. The lowest BCUT2D eigenvalue weighted by Crippen LogP contribution is -2.63. The van der Waals surface area contributed by atoms with E-state index in [0.717, 1.165) is 23.3 Å². The molecule has 3 aliphatic rings. The minimum absolute atomic E-state index is 0.0237. The molecule has 2 aliphatic heterocycles. The Bertz CT molecular complexity index is 1040. The SMILES string of the molecule is O=C(CN1C(=O)N(CCc2cccs2)C(=O)C2SC=CC21)NC1CCc2ccccc21. The van der Waals surface area contributed by atoms with Crippen LogP contribution in [0, 0.1) is 0 Å². The van der Waals surface area contributed by atoms with Crippen molar-refractivity contribution in [2.24, 2.45) is 0 Å². The Morgan fingerprint density at radius 3 is 2.87 bits per heavy atom. The third-order valence-corrected chi connectivity index (χ3v) is 8.13. The Morgan fingerprint density at radius 2 is 2.03 bits per heavy atom. The Labute approximate surface area is 189 Å². The Kier molecular flexibility index (Phi) is 5.58. The van der Waals surface area contributed by atoms with E-state index in [9.17, 15) is 14.4 Å². The van der Waals surface area contributed by atoms with Gasteiger partial charge in [-0.05, 0) is 47.2 Å². The van der Waals surface area contributed by atoms with Crippen molar-refractivity contribution in [2.75, 3.05) is 13.1 Å². The Morgan fingerprint density at radius 1 is 1.16 bits per heavy atom. The van der Waals surface area contributed by atoms with Crippen LogP contribution in [-0.2, 0) is 22.4 Å². The van der Waals surface area contributed by atoms with Crippen LogP contribution in [0.2, 0.25) is 0 Å². The molecule has 1 saturated heterocycles. The molecule has 3 atom stereocenters. The van der Waals surface area contributed by atoms with E-state index < -0.39 is 0 Å². The van der Waals surface area contributed by atoms with Gasteiger partial charge in [-0.15, -0.1) is 23.1 Å². The van der Waals surface area contributed by atoms with Crippen molar-refractivity contribution in [3.63, 3.8) is 0 Å². The van der Waals surface area contributed by atoms with Gasteiger partial charge in [-0.3, -0.25) is 14.5 Å². The molecule has 6 nitrogen and oxygen atoms in total. The average molecular weight is 454 g/mol. The fourth-order valence-electron chi connectivity index (χ4n) is 4.55. The van der Waals surface area contributed by atoms with Crippen LogP contribution in [0.5, 0.6) is 0 Å². The molecule has 1 aromatic carbocycles. The molecule has 0 saturated carbocycles. The number of amides is 4. The second-order valence-corrected chi connectivity index (χ2v) is 10.0. The van der Waals surface area contributed by atoms with Crippen molar-refractivity contribution < 1.29 is 14.4 Å². The average Bonchev–Trinajstić information content (AvgIpc) is 3.52. The maximum Gasteiger partial charge on any atom is 0.327 e. The summed E-state index contributed by atoms with van der Waals surface area (Å²) in [6.45, 7) is 0.280. The molecular weight excluding hydrogens is 430 g/mol. The van der Waals surface area contributed by atoms with Crippen LogP contribution in [0.15, 0.2) is 53.3 Å². The molecule has 2 aromatic rings. The molecule has 1 aliphatic carbocycles. The zero-order valence-corrected chi connectivity index (χ0v) is 18.5. The topological polar surface area (TPSA) is 69.7 Å². The van der Waals surface area contributed by atoms with Crippen LogP contribution < -0.4 is 5.32 Å². The number of nitrogens with one attached hydrogen (secondary N) is 1. The normalized spacial score (nSPS) is 24.5. The molecule has 1 fully saturated rings. The monoisotopic (exact) mass is 453 g/mol. The maximum absolute atomic E-state index is 13.2. The van der Waals surface area contributed by atoms with Gasteiger partial charge in [0.1, 0.15) is 11.8 Å². The van der Waals surface area contributed by atoms with Crippen molar-refractivity contribution in [2.45, 2.75) is 36.6 Å². The highest BCUT2D eigenvalue weighted by Gasteiger charge is 2.47. The molecule has 8 heteroatoms. The zero-order valence-electron chi connectivity index (χ0n) is 16.9. The van der Waals surface area contributed by atoms with Gasteiger partial charge in [0.2, 0.25) is 11.8 Å². The van der Waals surface area contributed by atoms with Gasteiger partial charge in [0.05, 0.1) is 12.1 Å². The number of aryl methyl sites for hydroxylation is 1. The highest BCUT2D eigenvalue weighted by Crippen LogP contribution is 2.35. The van der Waals surface area contributed by atoms with E-state index in [1.807, 2.05) is 41.1 Å². The zero-order chi connectivity index (χ0) is 21.4. The molecule has 1 aromatic heterocycles. The van der Waals surface area contributed by atoms with Crippen molar-refractivity contribution >= 4 is 40.9 Å². The van der Waals surface area contributed by atoms with E-state index >= 15 is 0 Å². The lowest BCUT2D eigenvalue weighted by molar-refractivity contribution is -0.133. The molecule has 160 valence electrons. The van der Waals surface area contributed by atoms with Gasteiger partial charge in [-0.1, -0.05) is 36.4 Å². The van der Waals surface area contributed by atoms with Crippen LogP contribution in [0.4, 0.5) is 4.79 Å². The third-order valence-electron chi connectivity index (χ3n) is 6.10. The molecule has 3 unspecified atom stereocenters. The molecule has 0 spiro atoms. The number of hydrogen-bond acceptors (Lipinski definition) is 5. The number of fused-ring (bicyclic) bond motifs is 2. The second kappa shape index (κ2) is 8.51. The standard InChI is InChI=1S/C23H23N3O3S2/c27-20(24-18-8-7-15-4-1-2-6-17(15)18)14-26-19-10-13-31-21(19)22(28)25(23(26)29)11-9-16-5-3-12-30-16/h1-6,10,12-13,18-19,21H,7-9,11,14H2,(H,24,27). The summed E-state index contributed by atoms with van der Waals surface area (Å²) < 4.78 is 0. The third kappa shape index (κ3) is 3.90. The predicted octanol–water partition coefficient (Wildman–Crippen LogP) is 3.36. The Balaban J connectivity index is 1.29. The summed E-state index contributed by atoms with van der Waals surface area (Å²) in [5, 5.41) is 6.57. The first-order valence-electron chi connectivity index (χ1n) is 10.5. The Hall–Kier alpha value is -2.58. The van der Waals surface area contributed by atoms with Gasteiger partial charge in [0.25, 0.3) is 0 Å². The second-order valence-electron chi connectivity index (χ2n) is 7.96. The number of thioether (sulfide) groups is 1. The van der Waals surface area contributed by atoms with Crippen LogP contribution >= 0.6 is 23.1 Å². The van der Waals surface area contributed by atoms with E-state index in [2.05, 4.69) is 17.4 Å². The van der Waals surface area contributed by atoms with Crippen LogP contribution in [0.3, 0.4) is 0 Å². The van der Waals surface area contributed by atoms with Gasteiger partial charge in [0.15, 0.2) is 0 Å². The molecular formula is C23H23N3O3S2. The number of carbonyl (C=O) groups is 3. The summed E-state index contributed by atoms with van der Waals surface area (Å²) in [4.78, 5) is 43.1. The predicted molar refractivity (Wildman–Crippen MR) is 122 cm³/mol. The number of hydrogen-bond donors (Lipinski definition) is 1. The van der Waals surface area contributed by atoms with Gasteiger partial charge < -0.3 is 10.2 Å². The summed E-state index contributed by atoms with van der Waals surface area (Å²) in [6, 6.07) is 11.3. The van der Waals surface area contributed by atoms with Crippen LogP contribution in [0.25, 0.3) is 0 Å². The van der Waals surface area contributed by atoms with E-state index in [4.69, 9.17) is 0 Å². The van der Waals surface area contributed by atoms with Crippen molar-refractivity contribution in [1.29, 1.82) is 0 Å². The smallest absolute Gasteiger partial charge is 0.327 e. The maximum atomic E-state index is 13.2. The van der Waals surface area contributed by atoms with E-state index in [1.54, 1.807) is 16.2 Å². The van der Waals surface area contributed by atoms with Crippen molar-refractivity contribution in [1.82, 2.24) is 15.1 Å². The van der Waals surface area contributed by atoms with Gasteiger partial charge in [0, 0.05) is 11.4 Å². The molecule has 1 N–H and O–H groups in total. The fraction of sp³-hybridized carbons (Fsp3) is 0.348. The quantitative estimate of drug-likeness (QED) is 0.728. The fourth-order valence-corrected chi connectivity index (χ4v) is 6.31. The van der Waals surface area contributed by atoms with Crippen molar-refractivity contribution in [3.8, 4) is 0 Å². The lowest BCUT2D eigenvalue weighted by atomic mass is 10.1. The number of urea groups is 1. The summed E-state index contributed by atoms with van der Waals surface area (Å²) in [7, 11) is 0. The number of thiophene rings is 1. The minimum atomic E-state index is -0.378. The molecule has 0 radical (unpaired) electrons. The van der Waals surface area contributed by atoms with E-state index in [-0.39, 0.29) is 41.7 Å². The van der Waals surface area contributed by atoms with Crippen LogP contribution in [0.1, 0.15) is 28.5 Å². The molecule has 5 rings (SSSR count). The number of rotatable bonds is 6. The summed E-state index contributed by atoms with van der Waals surface area (Å²) in [6.07, 6.45) is 4.30. The summed E-state index contributed by atoms with van der Waals surface area (Å²) in [5.74, 6) is -0.352. The molecule has 31 heavy (non-hydrogen) atoms. The minimum Gasteiger partial charge on any atom is -0.348 e.